The quantitative estimate of drug-likeness (QED) is 0.0438. The zero-order valence-electron chi connectivity index (χ0n) is 34.4. The first-order chi connectivity index (χ1) is 28.7. The van der Waals surface area contributed by atoms with Crippen LogP contribution in [0.3, 0.4) is 0 Å². The van der Waals surface area contributed by atoms with Crippen molar-refractivity contribution >= 4 is 11.8 Å². The van der Waals surface area contributed by atoms with E-state index < -0.39 is 128 Å². The van der Waals surface area contributed by atoms with Gasteiger partial charge in [0.2, 0.25) is 11.8 Å². The number of H-pyrrole nitrogens is 1. The van der Waals surface area contributed by atoms with Crippen molar-refractivity contribution in [3.63, 3.8) is 0 Å². The zero-order valence-corrected chi connectivity index (χ0v) is 34.4. The second-order valence-corrected chi connectivity index (χ2v) is 16.0. The maximum atomic E-state index is 13.2. The molecule has 0 aliphatic carbocycles. The molecule has 4 heterocycles. The molecule has 0 spiro atoms. The van der Waals surface area contributed by atoms with E-state index in [-0.39, 0.29) is 0 Å². The maximum Gasteiger partial charge on any atom is 0.330 e. The molecule has 0 saturated carbocycles. The molecule has 11 N–H and O–H groups in total. The lowest BCUT2D eigenvalue weighted by atomic mass is 9.91. The number of aromatic nitrogens is 2. The van der Waals surface area contributed by atoms with Gasteiger partial charge in [-0.05, 0) is 18.9 Å². The number of nitrogens with zero attached hydrogens (tertiary/aromatic N) is 1. The van der Waals surface area contributed by atoms with Gasteiger partial charge in [0, 0.05) is 25.6 Å². The molecule has 4 rings (SSSR count). The van der Waals surface area contributed by atoms with Crippen LogP contribution in [-0.4, -0.2) is 155 Å². The van der Waals surface area contributed by atoms with Crippen molar-refractivity contribution in [1.29, 1.82) is 0 Å². The van der Waals surface area contributed by atoms with E-state index in [9.17, 15) is 60.0 Å². The van der Waals surface area contributed by atoms with Gasteiger partial charge in [0.15, 0.2) is 18.8 Å². The Morgan fingerprint density at radius 2 is 1.33 bits per heavy atom. The minimum atomic E-state index is -1.85. The van der Waals surface area contributed by atoms with Crippen molar-refractivity contribution in [3.05, 3.63) is 45.3 Å². The first-order valence-corrected chi connectivity index (χ1v) is 21.2. The van der Waals surface area contributed by atoms with Crippen LogP contribution in [0.5, 0.6) is 0 Å². The normalized spacial score (nSPS) is 33.8. The van der Waals surface area contributed by atoms with Gasteiger partial charge in [-0.15, -0.1) is 0 Å². The van der Waals surface area contributed by atoms with E-state index in [2.05, 4.69) is 17.6 Å². The number of amides is 2. The molecule has 15 atom stereocenters. The summed E-state index contributed by atoms with van der Waals surface area (Å²) in [6.07, 6.45) is -3.63. The molecular weight excluding hydrogens is 792 g/mol. The second kappa shape index (κ2) is 24.5. The Morgan fingerprint density at radius 3 is 1.90 bits per heavy atom. The second-order valence-electron chi connectivity index (χ2n) is 16.0. The van der Waals surface area contributed by atoms with E-state index in [0.29, 0.717) is 6.42 Å². The van der Waals surface area contributed by atoms with E-state index in [1.165, 1.54) is 57.4 Å². The molecule has 20 nitrogen and oxygen atoms in total. The van der Waals surface area contributed by atoms with Crippen LogP contribution in [0.25, 0.3) is 0 Å². The van der Waals surface area contributed by atoms with Crippen molar-refractivity contribution in [2.75, 3.05) is 6.61 Å². The molecule has 3 saturated heterocycles. The molecule has 60 heavy (non-hydrogen) atoms. The molecule has 3 aliphatic heterocycles. The fourth-order valence-corrected chi connectivity index (χ4v) is 7.85. The summed E-state index contributed by atoms with van der Waals surface area (Å²) < 4.78 is 24.1. The molecule has 0 radical (unpaired) electrons. The van der Waals surface area contributed by atoms with E-state index >= 15 is 0 Å². The highest BCUT2D eigenvalue weighted by atomic mass is 16.8. The third-order valence-electron chi connectivity index (χ3n) is 11.3. The first kappa shape index (κ1) is 49.5. The number of hydrogen-bond donors (Lipinski definition) is 11. The monoisotopic (exact) mass is 858 g/mol. The zero-order chi connectivity index (χ0) is 43.9. The molecule has 0 bridgehead atoms. The summed E-state index contributed by atoms with van der Waals surface area (Å²) in [6.45, 7) is 2.56. The number of hydrogen-bond acceptors (Lipinski definition) is 16. The molecule has 2 amide bonds. The van der Waals surface area contributed by atoms with Crippen LogP contribution in [0.1, 0.15) is 110 Å². The van der Waals surface area contributed by atoms with E-state index in [4.69, 9.17) is 18.9 Å². The number of carbonyl (C=O) groups is 2. The van der Waals surface area contributed by atoms with Crippen molar-refractivity contribution in [1.82, 2.24) is 20.2 Å². The number of nitrogens with one attached hydrogen (secondary N) is 3. The molecule has 1 aromatic heterocycles. The van der Waals surface area contributed by atoms with Crippen LogP contribution in [0, 0.1) is 0 Å². The highest BCUT2D eigenvalue weighted by molar-refractivity contribution is 5.87. The van der Waals surface area contributed by atoms with Gasteiger partial charge in [-0.2, -0.15) is 0 Å². The predicted octanol–water partition coefficient (Wildman–Crippen LogP) is -1.55. The molecule has 3 fully saturated rings. The van der Waals surface area contributed by atoms with Gasteiger partial charge in [-0.25, -0.2) is 4.79 Å². The molecule has 20 heteroatoms. The highest BCUT2D eigenvalue weighted by Gasteiger charge is 2.53. The van der Waals surface area contributed by atoms with Crippen LogP contribution in [0.15, 0.2) is 34.0 Å². The van der Waals surface area contributed by atoms with E-state index in [1.54, 1.807) is 6.08 Å². The molecule has 342 valence electrons. The van der Waals surface area contributed by atoms with Gasteiger partial charge in [0.05, 0.1) is 18.8 Å². The summed E-state index contributed by atoms with van der Waals surface area (Å²) in [5, 5.41) is 91.5. The number of rotatable bonds is 23. The lowest BCUT2D eigenvalue weighted by Crippen LogP contribution is -2.68. The van der Waals surface area contributed by atoms with Gasteiger partial charge in [0.1, 0.15) is 60.9 Å². The summed E-state index contributed by atoms with van der Waals surface area (Å²) in [5.74, 6) is -1.35. The summed E-state index contributed by atoms with van der Waals surface area (Å²) >= 11 is 0. The van der Waals surface area contributed by atoms with Crippen molar-refractivity contribution in [2.45, 2.75) is 196 Å². The highest BCUT2D eigenvalue weighted by Crippen LogP contribution is 2.34. The molecule has 0 unspecified atom stereocenters. The Hall–Kier alpha value is -3.12. The standard InChI is InChI=1S/C40H66N4O16/c1-3-4-5-6-7-8-9-10-11-12-13-14-15-16-17-26(48)42-29-33(53)30(50)24(57-39(29)60-38-28(41-22(2)46)32(52)31(51)25(21-45)58-38)20-23(47)36-34(54)35(55)37(59-36)44-19-18-27(49)43-40(44)56/h16-19,23-25,28-39,45,47,50-55H,3-15,20-21H2,1-2H3,(H,41,46)(H,42,48)(H,43,49,56)/b17-16+/t23-,24-,25+,28+,29+,30-,31+,32+,33+,34-,35+,36+,37+,38-,39-/m0/s1. The third kappa shape index (κ3) is 13.7. The minimum absolute atomic E-state index is 0.597. The summed E-state index contributed by atoms with van der Waals surface area (Å²) in [5.41, 5.74) is -1.68. The minimum Gasteiger partial charge on any atom is -0.394 e. The Kier molecular flexibility index (Phi) is 20.2. The van der Waals surface area contributed by atoms with Crippen LogP contribution in [0.4, 0.5) is 0 Å². The number of unbranched alkanes of at least 4 members (excludes halogenated alkanes) is 12. The lowest BCUT2D eigenvalue weighted by molar-refractivity contribution is -0.346. The van der Waals surface area contributed by atoms with Crippen molar-refractivity contribution in [2.24, 2.45) is 0 Å². The Balaban J connectivity index is 1.42. The fourth-order valence-electron chi connectivity index (χ4n) is 7.85. The molecule has 3 aliphatic rings. The van der Waals surface area contributed by atoms with Crippen LogP contribution >= 0.6 is 0 Å². The Morgan fingerprint density at radius 1 is 0.783 bits per heavy atom. The molecule has 0 aromatic carbocycles. The first-order valence-electron chi connectivity index (χ1n) is 21.2. The number of carbonyl (C=O) groups excluding carboxylic acids is 2. The summed E-state index contributed by atoms with van der Waals surface area (Å²) in [4.78, 5) is 51.2. The third-order valence-corrected chi connectivity index (χ3v) is 11.3. The van der Waals surface area contributed by atoms with Crippen LogP contribution in [0.2, 0.25) is 0 Å². The Bertz CT molecular complexity index is 1610. The van der Waals surface area contributed by atoms with Gasteiger partial charge in [0.25, 0.3) is 5.56 Å². The summed E-state index contributed by atoms with van der Waals surface area (Å²) in [7, 11) is 0. The van der Waals surface area contributed by atoms with Crippen LogP contribution < -0.4 is 21.9 Å². The van der Waals surface area contributed by atoms with Crippen molar-refractivity contribution < 1.29 is 69.4 Å². The average molecular weight is 859 g/mol. The van der Waals surface area contributed by atoms with Gasteiger partial charge >= 0.3 is 5.69 Å². The van der Waals surface area contributed by atoms with Gasteiger partial charge in [-0.3, -0.25) is 23.9 Å². The smallest absolute Gasteiger partial charge is 0.330 e. The van der Waals surface area contributed by atoms with E-state index in [1.807, 2.05) is 4.98 Å². The topological polar surface area (TPSA) is 312 Å². The fraction of sp³-hybridized carbons (Fsp3) is 0.800. The van der Waals surface area contributed by atoms with Crippen molar-refractivity contribution in [3.8, 4) is 0 Å². The number of aromatic amines is 1. The molecule has 1 aromatic rings. The SMILES string of the molecule is CCCCCCCCCCCCCC/C=C/C(=O)N[C@H]1[C@H](O[C@@H]2O[C@H](CO)[C@@H](O)[C@H](O)[C@H]2NC(C)=O)O[C@@H](C[C@H](O)[C@H]2O[C@@H](n3ccc(=O)[nH]c3=O)[C@H](O)[C@@H]2O)[C@H](O)[C@@H]1O. The van der Waals surface area contributed by atoms with Gasteiger partial charge < -0.3 is 70.4 Å². The van der Waals surface area contributed by atoms with E-state index in [0.717, 1.165) is 49.4 Å². The average Bonchev–Trinajstić information content (AvgIpc) is 3.50. The lowest BCUT2D eigenvalue weighted by Gasteiger charge is -2.47. The molecular formula is C40H66N4O16. The number of aliphatic hydroxyl groups is 8. The Labute approximate surface area is 348 Å². The number of allylic oxidation sites excluding steroid dienone is 1. The maximum absolute atomic E-state index is 13.2. The largest absolute Gasteiger partial charge is 0.394 e. The van der Waals surface area contributed by atoms with Gasteiger partial charge in [-0.1, -0.05) is 83.6 Å². The number of aliphatic hydroxyl groups excluding tert-OH is 8. The predicted molar refractivity (Wildman–Crippen MR) is 212 cm³/mol. The van der Waals surface area contributed by atoms with Crippen LogP contribution in [-0.2, 0) is 28.5 Å². The number of ether oxygens (including phenoxy) is 4. The summed E-state index contributed by atoms with van der Waals surface area (Å²) in [6, 6.07) is -2.01.